The van der Waals surface area contributed by atoms with Crippen LogP contribution in [0.5, 0.6) is 0 Å². The Morgan fingerprint density at radius 2 is 1.70 bits per heavy atom. The molecule has 0 aliphatic carbocycles. The molecule has 144 valence electrons. The van der Waals surface area contributed by atoms with Crippen LogP contribution in [0.1, 0.15) is 25.0 Å². The van der Waals surface area contributed by atoms with Crippen molar-refractivity contribution in [3.63, 3.8) is 0 Å². The first-order chi connectivity index (χ1) is 12.7. The highest BCUT2D eigenvalue weighted by molar-refractivity contribution is 7.92. The van der Waals surface area contributed by atoms with Gasteiger partial charge in [-0.1, -0.05) is 26.0 Å². The van der Waals surface area contributed by atoms with Crippen LogP contribution in [-0.4, -0.2) is 34.2 Å². The molecule has 1 N–H and O–H groups in total. The average Bonchev–Trinajstić information content (AvgIpc) is 2.63. The topological polar surface area (TPSA) is 107 Å². The van der Waals surface area contributed by atoms with E-state index >= 15 is 0 Å². The summed E-state index contributed by atoms with van der Waals surface area (Å²) in [6, 6.07) is 11.9. The highest BCUT2D eigenvalue weighted by Crippen LogP contribution is 2.25. The third-order valence-corrected chi connectivity index (χ3v) is 7.61. The van der Waals surface area contributed by atoms with Gasteiger partial charge >= 0.3 is 0 Å². The van der Waals surface area contributed by atoms with Gasteiger partial charge in [-0.25, -0.2) is 16.8 Å². The Hall–Kier alpha value is -2.41. The summed E-state index contributed by atoms with van der Waals surface area (Å²) >= 11 is 0. The van der Waals surface area contributed by atoms with Gasteiger partial charge in [0.15, 0.2) is 0 Å². The molecular weight excluding hydrogens is 386 g/mol. The Balaban J connectivity index is 2.45. The van der Waals surface area contributed by atoms with E-state index in [0.717, 1.165) is 0 Å². The number of nitrogens with zero attached hydrogens (tertiary/aromatic N) is 2. The molecule has 9 heteroatoms. The van der Waals surface area contributed by atoms with E-state index in [1.165, 1.54) is 40.7 Å². The summed E-state index contributed by atoms with van der Waals surface area (Å²) in [4.78, 5) is -0.0209. The van der Waals surface area contributed by atoms with E-state index in [-0.39, 0.29) is 21.0 Å². The normalized spacial score (nSPS) is 12.0. The van der Waals surface area contributed by atoms with Crippen LogP contribution < -0.4 is 4.72 Å². The molecule has 0 unspecified atom stereocenters. The Morgan fingerprint density at radius 1 is 1.04 bits per heavy atom. The molecule has 2 aromatic carbocycles. The lowest BCUT2D eigenvalue weighted by Gasteiger charge is -2.20. The van der Waals surface area contributed by atoms with Crippen LogP contribution in [-0.2, 0) is 20.0 Å². The summed E-state index contributed by atoms with van der Waals surface area (Å²) in [5.74, 6) is 0. The van der Waals surface area contributed by atoms with Crippen LogP contribution in [0, 0.1) is 18.3 Å². The van der Waals surface area contributed by atoms with Crippen LogP contribution in [0.2, 0.25) is 0 Å². The smallest absolute Gasteiger partial charge is 0.261 e. The molecule has 0 heterocycles. The maximum atomic E-state index is 12.8. The van der Waals surface area contributed by atoms with Crippen molar-refractivity contribution in [2.24, 2.45) is 0 Å². The minimum atomic E-state index is -3.96. The van der Waals surface area contributed by atoms with Crippen molar-refractivity contribution < 1.29 is 16.8 Å². The van der Waals surface area contributed by atoms with Gasteiger partial charge in [0.1, 0.15) is 0 Å². The second-order valence-electron chi connectivity index (χ2n) is 5.81. The Kier molecular flexibility index (Phi) is 6.26. The molecular formula is C18H21N3O4S2. The fourth-order valence-electron chi connectivity index (χ4n) is 2.59. The maximum Gasteiger partial charge on any atom is 0.261 e. The lowest BCUT2D eigenvalue weighted by Crippen LogP contribution is -2.31. The molecule has 0 atom stereocenters. The van der Waals surface area contributed by atoms with E-state index in [1.54, 1.807) is 26.8 Å². The lowest BCUT2D eigenvalue weighted by atomic mass is 10.2. The third kappa shape index (κ3) is 4.47. The van der Waals surface area contributed by atoms with Crippen molar-refractivity contribution in [3.8, 4) is 6.07 Å². The number of aryl methyl sites for hydroxylation is 1. The van der Waals surface area contributed by atoms with Crippen LogP contribution in [0.25, 0.3) is 0 Å². The highest BCUT2D eigenvalue weighted by atomic mass is 32.2. The van der Waals surface area contributed by atoms with E-state index in [9.17, 15) is 16.8 Å². The molecule has 0 amide bonds. The highest BCUT2D eigenvalue weighted by Gasteiger charge is 2.24. The zero-order valence-corrected chi connectivity index (χ0v) is 16.9. The molecule has 0 radical (unpaired) electrons. The van der Waals surface area contributed by atoms with Crippen LogP contribution >= 0.6 is 0 Å². The molecule has 0 fully saturated rings. The summed E-state index contributed by atoms with van der Waals surface area (Å²) in [5, 5.41) is 8.94. The maximum absolute atomic E-state index is 12.8. The van der Waals surface area contributed by atoms with Crippen LogP contribution in [0.15, 0.2) is 52.3 Å². The fourth-order valence-corrected chi connectivity index (χ4v) is 5.39. The van der Waals surface area contributed by atoms with Gasteiger partial charge in [-0.3, -0.25) is 4.72 Å². The number of sulfonamides is 2. The predicted molar refractivity (Wildman–Crippen MR) is 103 cm³/mol. The average molecular weight is 408 g/mol. The van der Waals surface area contributed by atoms with Gasteiger partial charge in [0, 0.05) is 13.1 Å². The van der Waals surface area contributed by atoms with Crippen LogP contribution in [0.3, 0.4) is 0 Å². The number of benzene rings is 2. The minimum Gasteiger partial charge on any atom is -0.280 e. The van der Waals surface area contributed by atoms with Crippen molar-refractivity contribution in [1.82, 2.24) is 4.31 Å². The van der Waals surface area contributed by atoms with Gasteiger partial charge in [-0.05, 0) is 42.8 Å². The van der Waals surface area contributed by atoms with Gasteiger partial charge in [-0.2, -0.15) is 9.57 Å². The number of hydrogen-bond acceptors (Lipinski definition) is 5. The molecule has 0 saturated heterocycles. The van der Waals surface area contributed by atoms with E-state index in [2.05, 4.69) is 4.72 Å². The summed E-state index contributed by atoms with van der Waals surface area (Å²) < 4.78 is 54.5. The monoisotopic (exact) mass is 407 g/mol. The number of rotatable bonds is 7. The van der Waals surface area contributed by atoms with Crippen molar-refractivity contribution in [3.05, 3.63) is 53.6 Å². The molecule has 0 bridgehead atoms. The van der Waals surface area contributed by atoms with Crippen molar-refractivity contribution >= 4 is 25.7 Å². The number of nitrogens with one attached hydrogen (secondary N) is 1. The SMILES string of the molecule is CCN(CC)S(=O)(=O)c1cc(NS(=O)(=O)c2cccc(C#N)c2)ccc1C. The van der Waals surface area contributed by atoms with Gasteiger partial charge in [0.25, 0.3) is 10.0 Å². The zero-order valence-electron chi connectivity index (χ0n) is 15.3. The minimum absolute atomic E-state index is 0.0529. The van der Waals surface area contributed by atoms with Gasteiger partial charge < -0.3 is 0 Å². The first-order valence-corrected chi connectivity index (χ1v) is 11.2. The predicted octanol–water partition coefficient (Wildman–Crippen LogP) is 2.70. The molecule has 0 spiro atoms. The molecule has 2 aromatic rings. The molecule has 0 aliphatic heterocycles. The zero-order chi connectivity index (χ0) is 20.2. The van der Waals surface area contributed by atoms with E-state index < -0.39 is 20.0 Å². The summed E-state index contributed by atoms with van der Waals surface area (Å²) in [6.07, 6.45) is 0. The van der Waals surface area contributed by atoms with Crippen LogP contribution in [0.4, 0.5) is 5.69 Å². The Labute approximate surface area is 160 Å². The molecule has 0 saturated carbocycles. The number of anilines is 1. The first-order valence-electron chi connectivity index (χ1n) is 8.29. The van der Waals surface area contributed by atoms with Crippen molar-refractivity contribution in [1.29, 1.82) is 5.26 Å². The summed E-state index contributed by atoms with van der Waals surface area (Å²) in [7, 11) is -7.69. The fraction of sp³-hybridized carbons (Fsp3) is 0.278. The van der Waals surface area contributed by atoms with E-state index in [0.29, 0.717) is 18.7 Å². The van der Waals surface area contributed by atoms with Gasteiger partial charge in [-0.15, -0.1) is 0 Å². The van der Waals surface area contributed by atoms with E-state index in [4.69, 9.17) is 5.26 Å². The third-order valence-electron chi connectivity index (χ3n) is 4.04. The number of nitriles is 1. The van der Waals surface area contributed by atoms with Crippen molar-refractivity contribution in [2.75, 3.05) is 17.8 Å². The van der Waals surface area contributed by atoms with E-state index in [1.807, 2.05) is 6.07 Å². The second-order valence-corrected chi connectivity index (χ2v) is 9.40. The van der Waals surface area contributed by atoms with Gasteiger partial charge in [0.2, 0.25) is 10.0 Å². The standard InChI is InChI=1S/C18H21N3O4S2/c1-4-21(5-2)27(24,25)18-12-16(10-9-14(18)3)20-26(22,23)17-8-6-7-15(11-17)13-19/h6-12,20H,4-5H2,1-3H3. The quantitative estimate of drug-likeness (QED) is 0.759. The largest absolute Gasteiger partial charge is 0.280 e. The Bertz CT molecular complexity index is 1080. The molecule has 0 aromatic heterocycles. The summed E-state index contributed by atoms with van der Waals surface area (Å²) in [6.45, 7) is 5.77. The molecule has 0 aliphatic rings. The summed E-state index contributed by atoms with van der Waals surface area (Å²) in [5.41, 5.74) is 0.872. The molecule has 2 rings (SSSR count). The lowest BCUT2D eigenvalue weighted by molar-refractivity contribution is 0.445. The molecule has 27 heavy (non-hydrogen) atoms. The molecule has 7 nitrogen and oxygen atoms in total. The number of hydrogen-bond donors (Lipinski definition) is 1. The second kappa shape index (κ2) is 8.08. The first kappa shape index (κ1) is 20.9. The van der Waals surface area contributed by atoms with Gasteiger partial charge in [0.05, 0.1) is 27.1 Å². The van der Waals surface area contributed by atoms with Crippen molar-refractivity contribution in [2.45, 2.75) is 30.6 Å². The Morgan fingerprint density at radius 3 is 2.30 bits per heavy atom.